The Bertz CT molecular complexity index is 746. The molecule has 0 saturated carbocycles. The van der Waals surface area contributed by atoms with Gasteiger partial charge in [-0.3, -0.25) is 14.6 Å². The van der Waals surface area contributed by atoms with Gasteiger partial charge in [-0.2, -0.15) is 0 Å². The number of hydrogen-bond acceptors (Lipinski definition) is 3. The summed E-state index contributed by atoms with van der Waals surface area (Å²) < 4.78 is 0. The number of rotatable bonds is 3. The molecule has 1 fully saturated rings. The first kappa shape index (κ1) is 14.3. The van der Waals surface area contributed by atoms with E-state index in [0.29, 0.717) is 0 Å². The summed E-state index contributed by atoms with van der Waals surface area (Å²) in [6, 6.07) is 15.7. The third-order valence-corrected chi connectivity index (χ3v) is 5.31. The molecule has 0 bridgehead atoms. The Kier molecular flexibility index (Phi) is 3.16. The number of carbonyl (C=O) groups is 1. The van der Waals surface area contributed by atoms with E-state index in [2.05, 4.69) is 24.0 Å². The summed E-state index contributed by atoms with van der Waals surface area (Å²) in [4.78, 5) is 16.0. The van der Waals surface area contributed by atoms with Gasteiger partial charge in [0.1, 0.15) is 5.75 Å². The summed E-state index contributed by atoms with van der Waals surface area (Å²) in [5, 5.41) is 9.87. The number of phenolic OH excluding ortho intramolecular Hbond substituents is 1. The van der Waals surface area contributed by atoms with Gasteiger partial charge in [0, 0.05) is 24.2 Å². The maximum Gasteiger partial charge on any atom is 0.215 e. The van der Waals surface area contributed by atoms with E-state index in [1.165, 1.54) is 5.56 Å². The van der Waals surface area contributed by atoms with Crippen molar-refractivity contribution in [2.45, 2.75) is 31.5 Å². The molecule has 2 aliphatic rings. The molecule has 4 nitrogen and oxygen atoms in total. The maximum absolute atomic E-state index is 11.8. The van der Waals surface area contributed by atoms with E-state index < -0.39 is 0 Å². The van der Waals surface area contributed by atoms with Crippen molar-refractivity contribution in [3.63, 3.8) is 0 Å². The van der Waals surface area contributed by atoms with Crippen molar-refractivity contribution in [3.8, 4) is 5.75 Å². The molecule has 4 heteroatoms. The number of amides is 1. The predicted molar refractivity (Wildman–Crippen MR) is 89.3 cm³/mol. The zero-order valence-corrected chi connectivity index (χ0v) is 13.1. The lowest BCUT2D eigenvalue weighted by Crippen LogP contribution is -2.48. The summed E-state index contributed by atoms with van der Waals surface area (Å²) in [5.74, 6) is 0.262. The van der Waals surface area contributed by atoms with Gasteiger partial charge in [0.25, 0.3) is 0 Å². The van der Waals surface area contributed by atoms with Crippen LogP contribution in [0.2, 0.25) is 0 Å². The van der Waals surface area contributed by atoms with Crippen molar-refractivity contribution in [2.75, 3.05) is 11.4 Å². The Balaban J connectivity index is 1.73. The molecule has 1 N–H and O–H groups in total. The van der Waals surface area contributed by atoms with Crippen LogP contribution >= 0.6 is 0 Å². The van der Waals surface area contributed by atoms with Crippen molar-refractivity contribution in [3.05, 3.63) is 59.7 Å². The Hall–Kier alpha value is -2.33. The van der Waals surface area contributed by atoms with Crippen molar-refractivity contribution in [1.29, 1.82) is 0 Å². The van der Waals surface area contributed by atoms with E-state index in [0.717, 1.165) is 37.2 Å². The fraction of sp³-hybridized carbons (Fsp3) is 0.316. The third-order valence-electron chi connectivity index (χ3n) is 5.31. The lowest BCUT2D eigenvalue weighted by atomic mass is 9.81. The fourth-order valence-electron chi connectivity index (χ4n) is 4.22. The van der Waals surface area contributed by atoms with E-state index in [4.69, 9.17) is 0 Å². The van der Waals surface area contributed by atoms with Gasteiger partial charge < -0.3 is 5.11 Å². The number of likely N-dealkylation sites (tertiary alicyclic amines) is 1. The van der Waals surface area contributed by atoms with Gasteiger partial charge >= 0.3 is 0 Å². The molecule has 0 unspecified atom stereocenters. The first-order chi connectivity index (χ1) is 11.1. The second kappa shape index (κ2) is 5.10. The van der Waals surface area contributed by atoms with Crippen LogP contribution in [-0.2, 0) is 16.8 Å². The van der Waals surface area contributed by atoms with Crippen LogP contribution < -0.4 is 4.90 Å². The predicted octanol–water partition coefficient (Wildman–Crippen LogP) is 2.86. The lowest BCUT2D eigenvalue weighted by molar-refractivity contribution is -0.108. The molecule has 4 rings (SSSR count). The van der Waals surface area contributed by atoms with Crippen LogP contribution in [0.4, 0.5) is 5.69 Å². The summed E-state index contributed by atoms with van der Waals surface area (Å²) in [6.07, 6.45) is 1.91. The Morgan fingerprint density at radius 2 is 2.04 bits per heavy atom. The highest BCUT2D eigenvalue weighted by Crippen LogP contribution is 2.52. The summed E-state index contributed by atoms with van der Waals surface area (Å²) in [7, 11) is 0. The minimum absolute atomic E-state index is 0.0111. The van der Waals surface area contributed by atoms with E-state index in [1.807, 2.05) is 35.2 Å². The molecule has 1 saturated heterocycles. The first-order valence-corrected chi connectivity index (χ1v) is 7.98. The van der Waals surface area contributed by atoms with Crippen molar-refractivity contribution >= 4 is 12.1 Å². The number of benzene rings is 2. The molecule has 23 heavy (non-hydrogen) atoms. The van der Waals surface area contributed by atoms with Gasteiger partial charge in [-0.05, 0) is 35.7 Å². The molecule has 0 radical (unpaired) electrons. The second-order valence-electron chi connectivity index (χ2n) is 6.71. The number of anilines is 1. The zero-order valence-electron chi connectivity index (χ0n) is 13.1. The lowest BCUT2D eigenvalue weighted by Gasteiger charge is -2.33. The van der Waals surface area contributed by atoms with Crippen molar-refractivity contribution in [2.24, 2.45) is 0 Å². The molecule has 0 spiro atoms. The van der Waals surface area contributed by atoms with Gasteiger partial charge in [-0.25, -0.2) is 0 Å². The number of nitrogens with zero attached hydrogens (tertiary/aromatic N) is 2. The monoisotopic (exact) mass is 308 g/mol. The number of fused-ring (bicyclic) bond motifs is 3. The van der Waals surface area contributed by atoms with Gasteiger partial charge in [-0.1, -0.05) is 37.3 Å². The van der Waals surface area contributed by atoms with E-state index in [-0.39, 0.29) is 17.3 Å². The molecule has 1 amide bonds. The summed E-state index contributed by atoms with van der Waals surface area (Å²) in [5.41, 5.74) is 3.11. The fourth-order valence-corrected chi connectivity index (χ4v) is 4.22. The standard InChI is InChI=1S/C19H20N2O2/c1-19-9-10-20(12-14-5-3-2-4-6-14)18(19)21(13-22)17-8-7-15(23)11-16(17)19/h2-8,11,13,18,23H,9-10,12H2,1H3/t18-,19+/m1/s1. The van der Waals surface area contributed by atoms with Crippen molar-refractivity contribution < 1.29 is 9.90 Å². The Morgan fingerprint density at radius 1 is 1.26 bits per heavy atom. The quantitative estimate of drug-likeness (QED) is 0.887. The number of carbonyl (C=O) groups excluding carboxylic acids is 1. The number of phenols is 1. The van der Waals surface area contributed by atoms with Gasteiger partial charge in [-0.15, -0.1) is 0 Å². The van der Waals surface area contributed by atoms with Crippen LogP contribution in [-0.4, -0.2) is 29.1 Å². The maximum atomic E-state index is 11.8. The second-order valence-corrected chi connectivity index (χ2v) is 6.71. The van der Waals surface area contributed by atoms with Crippen molar-refractivity contribution in [1.82, 2.24) is 4.90 Å². The molecule has 2 heterocycles. The van der Waals surface area contributed by atoms with E-state index >= 15 is 0 Å². The van der Waals surface area contributed by atoms with Crippen LogP contribution in [0.25, 0.3) is 0 Å². The van der Waals surface area contributed by atoms with Gasteiger partial charge in [0.15, 0.2) is 0 Å². The molecular formula is C19H20N2O2. The van der Waals surface area contributed by atoms with Gasteiger partial charge in [0.2, 0.25) is 6.41 Å². The molecule has 2 aromatic rings. The highest BCUT2D eigenvalue weighted by molar-refractivity contribution is 5.83. The number of hydrogen-bond donors (Lipinski definition) is 1. The minimum atomic E-state index is -0.135. The summed E-state index contributed by atoms with van der Waals surface area (Å²) >= 11 is 0. The smallest absolute Gasteiger partial charge is 0.215 e. The van der Waals surface area contributed by atoms with E-state index in [1.54, 1.807) is 6.07 Å². The summed E-state index contributed by atoms with van der Waals surface area (Å²) in [6.45, 7) is 3.96. The van der Waals surface area contributed by atoms with E-state index in [9.17, 15) is 9.90 Å². The number of aromatic hydroxyl groups is 1. The Labute approximate surface area is 136 Å². The molecule has 2 aromatic carbocycles. The van der Waals surface area contributed by atoms with Gasteiger partial charge in [0.05, 0.1) is 6.17 Å². The van der Waals surface area contributed by atoms with Crippen LogP contribution in [0.15, 0.2) is 48.5 Å². The molecule has 2 atom stereocenters. The largest absolute Gasteiger partial charge is 0.508 e. The van der Waals surface area contributed by atoms with Crippen LogP contribution in [0, 0.1) is 0 Å². The third kappa shape index (κ3) is 2.05. The van der Waals surface area contributed by atoms with Crippen LogP contribution in [0.3, 0.4) is 0 Å². The minimum Gasteiger partial charge on any atom is -0.508 e. The molecular weight excluding hydrogens is 288 g/mol. The first-order valence-electron chi connectivity index (χ1n) is 7.98. The highest BCUT2D eigenvalue weighted by atomic mass is 16.3. The molecule has 118 valence electrons. The average Bonchev–Trinajstić information content (AvgIpc) is 3.00. The Morgan fingerprint density at radius 3 is 2.78 bits per heavy atom. The molecule has 0 aliphatic carbocycles. The average molecular weight is 308 g/mol. The highest BCUT2D eigenvalue weighted by Gasteiger charge is 2.54. The topological polar surface area (TPSA) is 43.8 Å². The van der Waals surface area contributed by atoms with Crippen LogP contribution in [0.1, 0.15) is 24.5 Å². The zero-order chi connectivity index (χ0) is 16.0. The normalized spacial score (nSPS) is 26.1. The SMILES string of the molecule is C[C@@]12CCN(Cc3ccccc3)[C@@H]1N(C=O)c1ccc(O)cc12. The van der Waals surface area contributed by atoms with Crippen LogP contribution in [0.5, 0.6) is 5.75 Å². The molecule has 2 aliphatic heterocycles. The molecule has 0 aromatic heterocycles.